The molecule has 1 aromatic rings. The van der Waals surface area contributed by atoms with Crippen molar-refractivity contribution in [1.29, 1.82) is 0 Å². The Balaban J connectivity index is 1.63. The van der Waals surface area contributed by atoms with E-state index in [2.05, 4.69) is 4.98 Å². The van der Waals surface area contributed by atoms with Crippen molar-refractivity contribution in [3.63, 3.8) is 0 Å². The van der Waals surface area contributed by atoms with Gasteiger partial charge in [0.15, 0.2) is 6.29 Å². The Bertz CT molecular complexity index is 527. The van der Waals surface area contributed by atoms with Gasteiger partial charge in [-0.15, -0.1) is 0 Å². The van der Waals surface area contributed by atoms with E-state index in [-0.39, 0.29) is 17.5 Å². The first-order valence-corrected chi connectivity index (χ1v) is 8.40. The molecule has 0 amide bonds. The van der Waals surface area contributed by atoms with Crippen LogP contribution in [0.3, 0.4) is 0 Å². The van der Waals surface area contributed by atoms with Gasteiger partial charge in [0.25, 0.3) is 0 Å². The molecule has 2 aliphatic rings. The predicted octanol–water partition coefficient (Wildman–Crippen LogP) is 2.42. The zero-order valence-corrected chi connectivity index (χ0v) is 14.5. The van der Waals surface area contributed by atoms with Gasteiger partial charge in [-0.3, -0.25) is 4.98 Å². The van der Waals surface area contributed by atoms with Crippen LogP contribution in [0.4, 0.5) is 0 Å². The van der Waals surface area contributed by atoms with Gasteiger partial charge in [0.05, 0.1) is 17.8 Å². The molecule has 0 bridgehead atoms. The highest BCUT2D eigenvalue weighted by Gasteiger charge is 2.51. The topological polar surface area (TPSA) is 49.8 Å². The van der Waals surface area contributed by atoms with Gasteiger partial charge in [-0.25, -0.2) is 0 Å². The van der Waals surface area contributed by atoms with E-state index < -0.39 is 7.12 Å². The average Bonchev–Trinajstić information content (AvgIpc) is 2.75. The summed E-state index contributed by atoms with van der Waals surface area (Å²) in [7, 11) is -0.390. The van der Waals surface area contributed by atoms with Crippen molar-refractivity contribution in [2.45, 2.75) is 71.1 Å². The summed E-state index contributed by atoms with van der Waals surface area (Å²) in [6, 6.07) is 2.04. The first kappa shape index (κ1) is 16.9. The van der Waals surface area contributed by atoms with E-state index in [0.717, 1.165) is 36.9 Å². The molecule has 23 heavy (non-hydrogen) atoms. The first-order valence-electron chi connectivity index (χ1n) is 8.40. The lowest BCUT2D eigenvalue weighted by molar-refractivity contribution is -0.168. The molecule has 2 saturated heterocycles. The van der Waals surface area contributed by atoms with Crippen LogP contribution in [0.2, 0.25) is 0 Å². The van der Waals surface area contributed by atoms with E-state index in [4.69, 9.17) is 18.8 Å². The van der Waals surface area contributed by atoms with Crippen molar-refractivity contribution in [1.82, 2.24) is 4.98 Å². The molecular formula is C17H26BNO4. The lowest BCUT2D eigenvalue weighted by atomic mass is 9.80. The second-order valence-electron chi connectivity index (χ2n) is 7.32. The minimum absolute atomic E-state index is 0.0933. The van der Waals surface area contributed by atoms with Gasteiger partial charge < -0.3 is 18.8 Å². The molecule has 0 aromatic carbocycles. The predicted molar refractivity (Wildman–Crippen MR) is 88.3 cm³/mol. The number of hydrogen-bond acceptors (Lipinski definition) is 5. The summed E-state index contributed by atoms with van der Waals surface area (Å²) in [6.07, 6.45) is 6.77. The summed E-state index contributed by atoms with van der Waals surface area (Å²) in [5.41, 5.74) is 1.24. The minimum Gasteiger partial charge on any atom is -0.399 e. The Morgan fingerprint density at radius 3 is 2.57 bits per heavy atom. The highest BCUT2D eigenvalue weighted by atomic mass is 16.7. The summed E-state index contributed by atoms with van der Waals surface area (Å²) in [4.78, 5) is 4.31. The minimum atomic E-state index is -0.390. The Morgan fingerprint density at radius 1 is 1.17 bits per heavy atom. The van der Waals surface area contributed by atoms with Crippen molar-refractivity contribution >= 4 is 12.6 Å². The molecule has 0 spiro atoms. The number of aromatic nitrogens is 1. The third-order valence-electron chi connectivity index (χ3n) is 4.92. The van der Waals surface area contributed by atoms with Crippen molar-refractivity contribution in [2.24, 2.45) is 0 Å². The van der Waals surface area contributed by atoms with Crippen LogP contribution in [0.25, 0.3) is 0 Å². The van der Waals surface area contributed by atoms with Crippen LogP contribution in [-0.2, 0) is 25.4 Å². The monoisotopic (exact) mass is 319 g/mol. The van der Waals surface area contributed by atoms with Gasteiger partial charge >= 0.3 is 7.12 Å². The summed E-state index contributed by atoms with van der Waals surface area (Å²) in [5.74, 6) is 0. The first-order chi connectivity index (χ1) is 10.9. The molecule has 1 atom stereocenters. The molecule has 5 nitrogen and oxygen atoms in total. The van der Waals surface area contributed by atoms with E-state index in [1.807, 2.05) is 40.0 Å². The van der Waals surface area contributed by atoms with E-state index in [1.165, 1.54) is 0 Å². The average molecular weight is 319 g/mol. The van der Waals surface area contributed by atoms with Gasteiger partial charge in [0, 0.05) is 24.5 Å². The van der Waals surface area contributed by atoms with Gasteiger partial charge in [0.2, 0.25) is 0 Å². The molecule has 126 valence electrons. The smallest absolute Gasteiger partial charge is 0.399 e. The van der Waals surface area contributed by atoms with Gasteiger partial charge in [-0.1, -0.05) is 6.07 Å². The van der Waals surface area contributed by atoms with Crippen LogP contribution in [0.1, 0.15) is 52.5 Å². The van der Waals surface area contributed by atoms with Crippen molar-refractivity contribution in [2.75, 3.05) is 6.61 Å². The molecule has 0 aliphatic carbocycles. The van der Waals surface area contributed by atoms with Crippen molar-refractivity contribution in [3.05, 3.63) is 24.0 Å². The van der Waals surface area contributed by atoms with Crippen molar-refractivity contribution in [3.8, 4) is 0 Å². The van der Waals surface area contributed by atoms with E-state index >= 15 is 0 Å². The second-order valence-corrected chi connectivity index (χ2v) is 7.32. The summed E-state index contributed by atoms with van der Waals surface area (Å²) < 4.78 is 23.6. The molecule has 2 fully saturated rings. The molecule has 2 aliphatic heterocycles. The molecule has 6 heteroatoms. The molecule has 0 N–H and O–H groups in total. The number of nitrogens with zero attached hydrogens (tertiary/aromatic N) is 1. The summed E-state index contributed by atoms with van der Waals surface area (Å²) in [6.45, 7) is 9.48. The van der Waals surface area contributed by atoms with Crippen molar-refractivity contribution < 1.29 is 18.8 Å². The second kappa shape index (κ2) is 6.51. The Kier molecular flexibility index (Phi) is 4.79. The third kappa shape index (κ3) is 3.77. The summed E-state index contributed by atoms with van der Waals surface area (Å²) in [5, 5.41) is 0. The lowest BCUT2D eigenvalue weighted by Crippen LogP contribution is -2.41. The van der Waals surface area contributed by atoms with Crippen LogP contribution in [0, 0.1) is 0 Å². The van der Waals surface area contributed by atoms with Gasteiger partial charge in [-0.05, 0) is 52.5 Å². The quantitative estimate of drug-likeness (QED) is 0.798. The van der Waals surface area contributed by atoms with Gasteiger partial charge in [-0.2, -0.15) is 0 Å². The zero-order chi connectivity index (χ0) is 16.5. The molecule has 0 saturated carbocycles. The van der Waals surface area contributed by atoms with E-state index in [9.17, 15) is 0 Å². The van der Waals surface area contributed by atoms with Crippen LogP contribution in [-0.4, -0.2) is 36.2 Å². The number of hydrogen-bond donors (Lipinski definition) is 0. The fraction of sp³-hybridized carbons (Fsp3) is 0.706. The van der Waals surface area contributed by atoms with E-state index in [1.54, 1.807) is 6.20 Å². The molecule has 1 unspecified atom stereocenters. The number of ether oxygens (including phenoxy) is 2. The van der Waals surface area contributed by atoms with E-state index in [0.29, 0.717) is 6.61 Å². The third-order valence-corrected chi connectivity index (χ3v) is 4.92. The number of rotatable bonds is 4. The van der Waals surface area contributed by atoms with Crippen LogP contribution in [0.5, 0.6) is 0 Å². The van der Waals surface area contributed by atoms with Crippen LogP contribution in [0.15, 0.2) is 18.5 Å². The maximum atomic E-state index is 6.07. The normalized spacial score (nSPS) is 26.4. The molecular weight excluding hydrogens is 293 g/mol. The highest BCUT2D eigenvalue weighted by Crippen LogP contribution is 2.36. The number of pyridine rings is 1. The standard InChI is InChI=1S/C17H26BNO4/c1-16(2)17(3,4)23-18(22-16)14-9-13(10-19-11-14)12-21-15-7-5-6-8-20-15/h9-11,15H,5-8,12H2,1-4H3. The zero-order valence-electron chi connectivity index (χ0n) is 14.5. The van der Waals surface area contributed by atoms with Crippen LogP contribution < -0.4 is 5.46 Å². The molecule has 0 radical (unpaired) electrons. The lowest BCUT2D eigenvalue weighted by Gasteiger charge is -2.32. The Labute approximate surface area is 138 Å². The fourth-order valence-corrected chi connectivity index (χ4v) is 2.73. The largest absolute Gasteiger partial charge is 0.496 e. The SMILES string of the molecule is CC1(C)OB(c2cncc(COC3CCCCO3)c2)OC1(C)C. The maximum Gasteiger partial charge on any atom is 0.496 e. The van der Waals surface area contributed by atoms with Crippen LogP contribution >= 0.6 is 0 Å². The molecule has 1 aromatic heterocycles. The van der Waals surface area contributed by atoms with Gasteiger partial charge in [0.1, 0.15) is 0 Å². The maximum absolute atomic E-state index is 6.07. The Morgan fingerprint density at radius 2 is 1.91 bits per heavy atom. The summed E-state index contributed by atoms with van der Waals surface area (Å²) >= 11 is 0. The molecule has 3 rings (SSSR count). The highest BCUT2D eigenvalue weighted by molar-refractivity contribution is 6.62. The molecule has 3 heterocycles. The Hall–Kier alpha value is -0.945. The fourth-order valence-electron chi connectivity index (χ4n) is 2.73.